The van der Waals surface area contributed by atoms with Crippen LogP contribution in [0.3, 0.4) is 0 Å². The second-order valence-electron chi connectivity index (χ2n) is 3.94. The first-order valence-electron chi connectivity index (χ1n) is 5.67. The van der Waals surface area contributed by atoms with Gasteiger partial charge in [0.25, 0.3) is 10.2 Å². The molecule has 3 N–H and O–H groups in total. The number of rotatable bonds is 5. The van der Waals surface area contributed by atoms with Crippen LogP contribution < -0.4 is 10.5 Å². The van der Waals surface area contributed by atoms with Crippen LogP contribution in [0.1, 0.15) is 13.3 Å². The average molecular weight is 250 g/mol. The van der Waals surface area contributed by atoms with Gasteiger partial charge in [-0.1, -0.05) is 6.92 Å². The Kier molecular flexibility index (Phi) is 5.13. The number of hydrogen-bond donors (Lipinski definition) is 2. The van der Waals surface area contributed by atoms with Crippen molar-refractivity contribution < 1.29 is 8.42 Å². The van der Waals surface area contributed by atoms with Crippen LogP contribution in [0.2, 0.25) is 0 Å². The molecule has 0 amide bonds. The molecule has 0 radical (unpaired) electrons. The van der Waals surface area contributed by atoms with Gasteiger partial charge in [-0.3, -0.25) is 4.90 Å². The van der Waals surface area contributed by atoms with Crippen molar-refractivity contribution in [3.05, 3.63) is 0 Å². The molecule has 1 saturated heterocycles. The normalized spacial score (nSPS) is 22.2. The Bertz CT molecular complexity index is 295. The smallest absolute Gasteiger partial charge is 0.279 e. The minimum absolute atomic E-state index is 0.374. The Morgan fingerprint density at radius 1 is 1.31 bits per heavy atom. The standard InChI is InChI=1S/C9H22N4O2S/c1-3-9(8-10)12-4-6-13(7-5-12)16(14,15)11-2/h9,11H,3-8,10H2,1-2H3. The lowest BCUT2D eigenvalue weighted by Crippen LogP contribution is -2.55. The van der Waals surface area contributed by atoms with Gasteiger partial charge in [0.2, 0.25) is 0 Å². The molecule has 1 heterocycles. The van der Waals surface area contributed by atoms with Crippen LogP contribution in [-0.2, 0) is 10.2 Å². The Morgan fingerprint density at radius 3 is 2.25 bits per heavy atom. The fourth-order valence-corrected chi connectivity index (χ4v) is 2.91. The van der Waals surface area contributed by atoms with Crippen LogP contribution in [0, 0.1) is 0 Å². The van der Waals surface area contributed by atoms with E-state index in [0.29, 0.717) is 25.7 Å². The molecule has 7 heteroatoms. The van der Waals surface area contributed by atoms with E-state index in [4.69, 9.17) is 5.73 Å². The summed E-state index contributed by atoms with van der Waals surface area (Å²) in [6.07, 6.45) is 1.01. The molecular formula is C9H22N4O2S. The fraction of sp³-hybridized carbons (Fsp3) is 1.00. The summed E-state index contributed by atoms with van der Waals surface area (Å²) in [6, 6.07) is 0.374. The van der Waals surface area contributed by atoms with Gasteiger partial charge in [0, 0.05) is 45.8 Å². The number of hydrogen-bond acceptors (Lipinski definition) is 4. The first-order chi connectivity index (χ1) is 7.55. The summed E-state index contributed by atoms with van der Waals surface area (Å²) in [5.74, 6) is 0. The Hall–Kier alpha value is -0.210. The molecular weight excluding hydrogens is 228 g/mol. The maximum absolute atomic E-state index is 11.5. The first-order valence-corrected chi connectivity index (χ1v) is 7.12. The summed E-state index contributed by atoms with van der Waals surface area (Å²) in [5.41, 5.74) is 5.67. The molecule has 1 aliphatic rings. The molecule has 1 rings (SSSR count). The highest BCUT2D eigenvalue weighted by molar-refractivity contribution is 7.87. The van der Waals surface area contributed by atoms with E-state index >= 15 is 0 Å². The molecule has 0 aromatic rings. The second kappa shape index (κ2) is 5.92. The van der Waals surface area contributed by atoms with Crippen molar-refractivity contribution in [3.8, 4) is 0 Å². The first kappa shape index (κ1) is 13.9. The topological polar surface area (TPSA) is 78.7 Å². The molecule has 96 valence electrons. The van der Waals surface area contributed by atoms with E-state index < -0.39 is 10.2 Å². The largest absolute Gasteiger partial charge is 0.329 e. The second-order valence-corrected chi connectivity index (χ2v) is 5.82. The molecule has 1 unspecified atom stereocenters. The minimum Gasteiger partial charge on any atom is -0.329 e. The van der Waals surface area contributed by atoms with Crippen LogP contribution in [-0.4, -0.2) is 63.4 Å². The van der Waals surface area contributed by atoms with Crippen molar-refractivity contribution >= 4 is 10.2 Å². The highest BCUT2D eigenvalue weighted by atomic mass is 32.2. The summed E-state index contributed by atoms with van der Waals surface area (Å²) in [6.45, 7) is 5.34. The van der Waals surface area contributed by atoms with Gasteiger partial charge >= 0.3 is 0 Å². The predicted octanol–water partition coefficient (Wildman–Crippen LogP) is -1.19. The molecule has 6 nitrogen and oxygen atoms in total. The molecule has 1 fully saturated rings. The zero-order valence-electron chi connectivity index (χ0n) is 10.0. The summed E-state index contributed by atoms with van der Waals surface area (Å²) < 4.78 is 26.9. The number of piperazine rings is 1. The minimum atomic E-state index is -3.26. The lowest BCUT2D eigenvalue weighted by Gasteiger charge is -2.37. The lowest BCUT2D eigenvalue weighted by atomic mass is 10.1. The Labute approximate surface area is 98.0 Å². The molecule has 1 aliphatic heterocycles. The third-order valence-corrected chi connectivity index (χ3v) is 4.69. The molecule has 0 aromatic heterocycles. The fourth-order valence-electron chi connectivity index (χ4n) is 2.01. The van der Waals surface area contributed by atoms with Crippen molar-refractivity contribution in [1.82, 2.24) is 13.9 Å². The van der Waals surface area contributed by atoms with Gasteiger partial charge in [0.05, 0.1) is 0 Å². The predicted molar refractivity (Wildman–Crippen MR) is 64.3 cm³/mol. The zero-order valence-corrected chi connectivity index (χ0v) is 10.8. The van der Waals surface area contributed by atoms with E-state index in [9.17, 15) is 8.42 Å². The van der Waals surface area contributed by atoms with Gasteiger partial charge in [-0.15, -0.1) is 0 Å². The van der Waals surface area contributed by atoms with Crippen molar-refractivity contribution in [3.63, 3.8) is 0 Å². The monoisotopic (exact) mass is 250 g/mol. The van der Waals surface area contributed by atoms with Crippen LogP contribution in [0.5, 0.6) is 0 Å². The van der Waals surface area contributed by atoms with Gasteiger partial charge in [-0.25, -0.2) is 4.72 Å². The van der Waals surface area contributed by atoms with Gasteiger partial charge in [-0.2, -0.15) is 12.7 Å². The molecule has 0 bridgehead atoms. The van der Waals surface area contributed by atoms with Crippen molar-refractivity contribution in [1.29, 1.82) is 0 Å². The highest BCUT2D eigenvalue weighted by Gasteiger charge is 2.27. The molecule has 0 spiro atoms. The van der Waals surface area contributed by atoms with E-state index in [1.165, 1.54) is 11.4 Å². The summed E-state index contributed by atoms with van der Waals surface area (Å²) in [5, 5.41) is 0. The zero-order chi connectivity index (χ0) is 12.2. The van der Waals surface area contributed by atoms with E-state index in [0.717, 1.165) is 19.5 Å². The number of nitrogens with two attached hydrogens (primary N) is 1. The van der Waals surface area contributed by atoms with Crippen LogP contribution in [0.15, 0.2) is 0 Å². The molecule has 0 saturated carbocycles. The maximum Gasteiger partial charge on any atom is 0.279 e. The average Bonchev–Trinajstić information content (AvgIpc) is 2.31. The van der Waals surface area contributed by atoms with Crippen molar-refractivity contribution in [2.75, 3.05) is 39.8 Å². The van der Waals surface area contributed by atoms with Crippen LogP contribution >= 0.6 is 0 Å². The quantitative estimate of drug-likeness (QED) is 0.643. The molecule has 0 aliphatic carbocycles. The summed E-state index contributed by atoms with van der Waals surface area (Å²) >= 11 is 0. The van der Waals surface area contributed by atoms with Crippen molar-refractivity contribution in [2.45, 2.75) is 19.4 Å². The van der Waals surface area contributed by atoms with E-state index in [-0.39, 0.29) is 0 Å². The molecule has 1 atom stereocenters. The van der Waals surface area contributed by atoms with Crippen LogP contribution in [0.25, 0.3) is 0 Å². The third kappa shape index (κ3) is 3.14. The maximum atomic E-state index is 11.5. The van der Waals surface area contributed by atoms with Crippen LogP contribution in [0.4, 0.5) is 0 Å². The van der Waals surface area contributed by atoms with Gasteiger partial charge < -0.3 is 5.73 Å². The highest BCUT2D eigenvalue weighted by Crippen LogP contribution is 2.10. The number of nitrogens with zero attached hydrogens (tertiary/aromatic N) is 2. The Balaban J connectivity index is 2.51. The van der Waals surface area contributed by atoms with Gasteiger partial charge in [0.1, 0.15) is 0 Å². The van der Waals surface area contributed by atoms with Crippen molar-refractivity contribution in [2.24, 2.45) is 5.73 Å². The van der Waals surface area contributed by atoms with E-state index in [2.05, 4.69) is 16.5 Å². The van der Waals surface area contributed by atoms with E-state index in [1.807, 2.05) is 0 Å². The lowest BCUT2D eigenvalue weighted by molar-refractivity contribution is 0.136. The molecule has 0 aromatic carbocycles. The summed E-state index contributed by atoms with van der Waals surface area (Å²) in [4.78, 5) is 2.27. The third-order valence-electron chi connectivity index (χ3n) is 3.13. The van der Waals surface area contributed by atoms with Gasteiger partial charge in [-0.05, 0) is 6.42 Å². The Morgan fingerprint density at radius 2 is 1.88 bits per heavy atom. The molecule has 16 heavy (non-hydrogen) atoms. The summed E-state index contributed by atoms with van der Waals surface area (Å²) in [7, 11) is -1.82. The van der Waals surface area contributed by atoms with E-state index in [1.54, 1.807) is 0 Å². The SMILES string of the molecule is CCC(CN)N1CCN(S(=O)(=O)NC)CC1. The number of nitrogens with one attached hydrogen (secondary N) is 1. The van der Waals surface area contributed by atoms with Gasteiger partial charge in [0.15, 0.2) is 0 Å².